The van der Waals surface area contributed by atoms with E-state index < -0.39 is 0 Å². The molecule has 0 spiro atoms. The number of nitrogens with two attached hydrogens (primary N) is 1. The molecule has 0 aliphatic heterocycles. The number of hydrogen-bond acceptors (Lipinski definition) is 2. The van der Waals surface area contributed by atoms with Crippen molar-refractivity contribution >= 4 is 27.5 Å². The fourth-order valence-corrected chi connectivity index (χ4v) is 2.63. The molecule has 1 aliphatic rings. The van der Waals surface area contributed by atoms with Gasteiger partial charge in [0.15, 0.2) is 0 Å². The zero-order valence-corrected chi connectivity index (χ0v) is 12.6. The first-order chi connectivity index (χ1) is 9.63. The second-order valence-electron chi connectivity index (χ2n) is 5.11. The highest BCUT2D eigenvalue weighted by Crippen LogP contribution is 2.37. The molecule has 1 amide bonds. The lowest BCUT2D eigenvalue weighted by atomic mass is 10.2. The molecule has 1 heterocycles. The Bertz CT molecular complexity index is 629. The van der Waals surface area contributed by atoms with E-state index in [1.54, 1.807) is 0 Å². The normalized spacial score (nSPS) is 14.2. The van der Waals surface area contributed by atoms with Crippen molar-refractivity contribution < 1.29 is 4.79 Å². The minimum absolute atomic E-state index is 0.0422. The zero-order chi connectivity index (χ0) is 14.1. The van der Waals surface area contributed by atoms with Gasteiger partial charge in [-0.05, 0) is 52.5 Å². The third kappa shape index (κ3) is 2.88. The van der Waals surface area contributed by atoms with Crippen LogP contribution < -0.4 is 11.1 Å². The summed E-state index contributed by atoms with van der Waals surface area (Å²) in [6, 6.07) is 9.88. The van der Waals surface area contributed by atoms with Crippen LogP contribution in [0.3, 0.4) is 0 Å². The van der Waals surface area contributed by atoms with Crippen molar-refractivity contribution in [3.63, 3.8) is 0 Å². The molecule has 104 valence electrons. The van der Waals surface area contributed by atoms with E-state index in [9.17, 15) is 4.79 Å². The Hall–Kier alpha value is -1.75. The predicted octanol–water partition coefficient (Wildman–Crippen LogP) is 3.10. The van der Waals surface area contributed by atoms with Gasteiger partial charge in [0.05, 0.1) is 0 Å². The van der Waals surface area contributed by atoms with Crippen LogP contribution in [-0.2, 0) is 6.54 Å². The van der Waals surface area contributed by atoms with Gasteiger partial charge in [-0.15, -0.1) is 0 Å². The van der Waals surface area contributed by atoms with Gasteiger partial charge in [0.25, 0.3) is 5.91 Å². The van der Waals surface area contributed by atoms with E-state index in [-0.39, 0.29) is 5.91 Å². The zero-order valence-electron chi connectivity index (χ0n) is 11.0. The maximum absolute atomic E-state index is 12.3. The molecule has 3 rings (SSSR count). The van der Waals surface area contributed by atoms with Gasteiger partial charge >= 0.3 is 0 Å². The van der Waals surface area contributed by atoms with Crippen LogP contribution in [0.2, 0.25) is 0 Å². The number of halogens is 1. The molecule has 0 radical (unpaired) electrons. The Morgan fingerprint density at radius 2 is 2.05 bits per heavy atom. The maximum atomic E-state index is 12.3. The molecule has 1 aromatic carbocycles. The first-order valence-corrected chi connectivity index (χ1v) is 7.43. The predicted molar refractivity (Wildman–Crippen MR) is 82.4 cm³/mol. The van der Waals surface area contributed by atoms with E-state index in [0.717, 1.165) is 34.3 Å². The monoisotopic (exact) mass is 333 g/mol. The van der Waals surface area contributed by atoms with Crippen LogP contribution in [0, 0.1) is 0 Å². The summed E-state index contributed by atoms with van der Waals surface area (Å²) in [6.07, 6.45) is 4.29. The smallest absolute Gasteiger partial charge is 0.268 e. The van der Waals surface area contributed by atoms with Gasteiger partial charge in [-0.25, -0.2) is 0 Å². The van der Waals surface area contributed by atoms with Crippen molar-refractivity contribution in [2.24, 2.45) is 0 Å². The number of benzene rings is 1. The van der Waals surface area contributed by atoms with E-state index >= 15 is 0 Å². The molecular formula is C15H16BrN3O. The Balaban J connectivity index is 1.68. The number of anilines is 1. The minimum atomic E-state index is -0.0422. The molecule has 20 heavy (non-hydrogen) atoms. The van der Waals surface area contributed by atoms with Gasteiger partial charge in [-0.1, -0.05) is 12.1 Å². The number of aromatic nitrogens is 1. The number of nitrogen functional groups attached to an aromatic ring is 1. The summed E-state index contributed by atoms with van der Waals surface area (Å²) < 4.78 is 3.00. The maximum Gasteiger partial charge on any atom is 0.268 e. The molecular weight excluding hydrogens is 318 g/mol. The highest BCUT2D eigenvalue weighted by molar-refractivity contribution is 9.10. The molecule has 2 aromatic rings. The summed E-state index contributed by atoms with van der Waals surface area (Å²) in [7, 11) is 0. The first kappa shape index (κ1) is 13.2. The van der Waals surface area contributed by atoms with Crippen molar-refractivity contribution in [3.05, 3.63) is 52.3 Å². The van der Waals surface area contributed by atoms with Gasteiger partial charge in [0.1, 0.15) is 5.69 Å². The second-order valence-corrected chi connectivity index (χ2v) is 6.02. The van der Waals surface area contributed by atoms with E-state index in [0.29, 0.717) is 12.6 Å². The highest BCUT2D eigenvalue weighted by atomic mass is 79.9. The van der Waals surface area contributed by atoms with Crippen LogP contribution in [0.4, 0.5) is 5.69 Å². The topological polar surface area (TPSA) is 60.0 Å². The molecule has 1 aromatic heterocycles. The average molecular weight is 334 g/mol. The summed E-state index contributed by atoms with van der Waals surface area (Å²) in [5.74, 6) is -0.0422. The highest BCUT2D eigenvalue weighted by Gasteiger charge is 2.27. The van der Waals surface area contributed by atoms with Crippen molar-refractivity contribution in [3.8, 4) is 0 Å². The van der Waals surface area contributed by atoms with E-state index in [1.165, 1.54) is 0 Å². The SMILES string of the molecule is Nc1ccc(CNC(=O)c2cc(Br)cn2C2CC2)cc1. The van der Waals surface area contributed by atoms with Crippen LogP contribution in [-0.4, -0.2) is 10.5 Å². The number of hydrogen-bond donors (Lipinski definition) is 2. The van der Waals surface area contributed by atoms with Crippen LogP contribution in [0.25, 0.3) is 0 Å². The largest absolute Gasteiger partial charge is 0.399 e. The summed E-state index contributed by atoms with van der Waals surface area (Å²) in [5, 5.41) is 2.95. The fourth-order valence-electron chi connectivity index (χ4n) is 2.19. The molecule has 0 atom stereocenters. The Morgan fingerprint density at radius 3 is 2.70 bits per heavy atom. The van der Waals surface area contributed by atoms with Crippen LogP contribution in [0.15, 0.2) is 41.0 Å². The molecule has 0 saturated heterocycles. The minimum Gasteiger partial charge on any atom is -0.399 e. The molecule has 5 heteroatoms. The number of carbonyl (C=O) groups is 1. The number of nitrogens with one attached hydrogen (secondary N) is 1. The van der Waals surface area contributed by atoms with Crippen molar-refractivity contribution in [2.45, 2.75) is 25.4 Å². The standard InChI is InChI=1S/C15H16BrN3O/c16-11-7-14(19(9-11)13-5-6-13)15(20)18-8-10-1-3-12(17)4-2-10/h1-4,7,9,13H,5-6,8,17H2,(H,18,20). The van der Waals surface area contributed by atoms with Crippen molar-refractivity contribution in [1.29, 1.82) is 0 Å². The Kier molecular flexibility index (Phi) is 3.53. The van der Waals surface area contributed by atoms with E-state index in [1.807, 2.05) is 36.5 Å². The average Bonchev–Trinajstić information content (AvgIpc) is 3.20. The lowest BCUT2D eigenvalue weighted by Gasteiger charge is -2.09. The Labute approximate surface area is 126 Å². The van der Waals surface area contributed by atoms with Crippen LogP contribution >= 0.6 is 15.9 Å². The van der Waals surface area contributed by atoms with Gasteiger partial charge < -0.3 is 15.6 Å². The molecule has 0 unspecified atom stereocenters. The summed E-state index contributed by atoms with van der Waals surface area (Å²) in [5.41, 5.74) is 8.12. The number of nitrogens with zero attached hydrogens (tertiary/aromatic N) is 1. The molecule has 1 fully saturated rings. The lowest BCUT2D eigenvalue weighted by Crippen LogP contribution is -2.25. The lowest BCUT2D eigenvalue weighted by molar-refractivity contribution is 0.0941. The van der Waals surface area contributed by atoms with Crippen molar-refractivity contribution in [2.75, 3.05) is 5.73 Å². The number of amides is 1. The molecule has 0 bridgehead atoms. The molecule has 1 aliphatic carbocycles. The van der Waals surface area contributed by atoms with E-state index in [4.69, 9.17) is 5.73 Å². The third-order valence-electron chi connectivity index (χ3n) is 3.42. The number of carbonyl (C=O) groups excluding carboxylic acids is 1. The Morgan fingerprint density at radius 1 is 1.35 bits per heavy atom. The quantitative estimate of drug-likeness (QED) is 0.844. The molecule has 3 N–H and O–H groups in total. The van der Waals surface area contributed by atoms with Crippen LogP contribution in [0.5, 0.6) is 0 Å². The third-order valence-corrected chi connectivity index (χ3v) is 3.85. The van der Waals surface area contributed by atoms with Crippen LogP contribution in [0.1, 0.15) is 34.9 Å². The van der Waals surface area contributed by atoms with Gasteiger partial charge in [-0.2, -0.15) is 0 Å². The molecule has 4 nitrogen and oxygen atoms in total. The molecule has 1 saturated carbocycles. The first-order valence-electron chi connectivity index (χ1n) is 6.63. The van der Waals surface area contributed by atoms with Gasteiger partial charge in [0, 0.05) is 28.9 Å². The summed E-state index contributed by atoms with van der Waals surface area (Å²) in [6.45, 7) is 0.507. The van der Waals surface area contributed by atoms with Gasteiger partial charge in [0.2, 0.25) is 0 Å². The van der Waals surface area contributed by atoms with Crippen molar-refractivity contribution in [1.82, 2.24) is 9.88 Å². The second kappa shape index (κ2) is 5.32. The van der Waals surface area contributed by atoms with Gasteiger partial charge in [-0.3, -0.25) is 4.79 Å². The van der Waals surface area contributed by atoms with E-state index in [2.05, 4.69) is 25.8 Å². The fraction of sp³-hybridized carbons (Fsp3) is 0.267. The summed E-state index contributed by atoms with van der Waals surface area (Å²) in [4.78, 5) is 12.3. The summed E-state index contributed by atoms with van der Waals surface area (Å²) >= 11 is 3.44. The number of rotatable bonds is 4.